The Balaban J connectivity index is 1.51. The molecule has 2 aliphatic rings. The first-order chi connectivity index (χ1) is 11.5. The van der Waals surface area contributed by atoms with Crippen molar-refractivity contribution in [3.8, 4) is 0 Å². The van der Waals surface area contributed by atoms with Gasteiger partial charge in [0.15, 0.2) is 0 Å². The van der Waals surface area contributed by atoms with E-state index < -0.39 is 0 Å². The molecule has 0 N–H and O–H groups in total. The van der Waals surface area contributed by atoms with Crippen LogP contribution >= 0.6 is 0 Å². The Bertz CT molecular complexity index is 584. The predicted octanol–water partition coefficient (Wildman–Crippen LogP) is 3.26. The summed E-state index contributed by atoms with van der Waals surface area (Å²) in [5, 5.41) is 0. The van der Waals surface area contributed by atoms with Crippen molar-refractivity contribution in [2.75, 3.05) is 13.1 Å². The lowest BCUT2D eigenvalue weighted by molar-refractivity contribution is -0.151. The van der Waals surface area contributed by atoms with E-state index in [1.807, 2.05) is 49.1 Å². The maximum absolute atomic E-state index is 12.4. The number of hydrogen-bond donors (Lipinski definition) is 0. The molecule has 3 unspecified atom stereocenters. The Hall–Kier alpha value is -1.84. The summed E-state index contributed by atoms with van der Waals surface area (Å²) in [5.41, 5.74) is 1.02. The van der Waals surface area contributed by atoms with Gasteiger partial charge in [0.05, 0.1) is 5.92 Å². The Morgan fingerprint density at radius 1 is 1.12 bits per heavy atom. The summed E-state index contributed by atoms with van der Waals surface area (Å²) < 4.78 is 5.51. The third-order valence-electron chi connectivity index (χ3n) is 5.41. The molecule has 4 nitrogen and oxygen atoms in total. The molecule has 1 aromatic carbocycles. The summed E-state index contributed by atoms with van der Waals surface area (Å²) in [6.07, 6.45) is 2.77. The zero-order chi connectivity index (χ0) is 17.1. The molecule has 130 valence electrons. The fraction of sp³-hybridized carbons (Fsp3) is 0.600. The van der Waals surface area contributed by atoms with Crippen LogP contribution < -0.4 is 0 Å². The maximum Gasteiger partial charge on any atom is 0.309 e. The van der Waals surface area contributed by atoms with E-state index in [1.54, 1.807) is 0 Å². The number of esters is 1. The van der Waals surface area contributed by atoms with Crippen molar-refractivity contribution in [3.63, 3.8) is 0 Å². The average molecular weight is 329 g/mol. The van der Waals surface area contributed by atoms with Crippen molar-refractivity contribution in [2.45, 2.75) is 39.7 Å². The summed E-state index contributed by atoms with van der Waals surface area (Å²) in [6.45, 7) is 5.93. The number of carbonyl (C=O) groups excluding carboxylic acids is 2. The number of likely N-dealkylation sites (tertiary alicyclic amines) is 1. The lowest BCUT2D eigenvalue weighted by Gasteiger charge is -2.29. The van der Waals surface area contributed by atoms with Crippen molar-refractivity contribution < 1.29 is 14.3 Å². The van der Waals surface area contributed by atoms with E-state index >= 15 is 0 Å². The van der Waals surface area contributed by atoms with Gasteiger partial charge < -0.3 is 9.64 Å². The van der Waals surface area contributed by atoms with Crippen LogP contribution in [0.3, 0.4) is 0 Å². The molecule has 24 heavy (non-hydrogen) atoms. The number of rotatable bonds is 4. The van der Waals surface area contributed by atoms with Crippen molar-refractivity contribution in [3.05, 3.63) is 35.9 Å². The second kappa shape index (κ2) is 7.37. The van der Waals surface area contributed by atoms with Gasteiger partial charge in [-0.25, -0.2) is 0 Å². The molecule has 1 aliphatic heterocycles. The largest absolute Gasteiger partial charge is 0.461 e. The van der Waals surface area contributed by atoms with Crippen molar-refractivity contribution >= 4 is 11.9 Å². The van der Waals surface area contributed by atoms with Gasteiger partial charge >= 0.3 is 5.97 Å². The Morgan fingerprint density at radius 2 is 1.83 bits per heavy atom. The molecular weight excluding hydrogens is 302 g/mol. The number of hydrogen-bond acceptors (Lipinski definition) is 3. The Kier molecular flexibility index (Phi) is 5.22. The normalized spacial score (nSPS) is 26.3. The van der Waals surface area contributed by atoms with Gasteiger partial charge in [0.2, 0.25) is 5.91 Å². The van der Waals surface area contributed by atoms with E-state index in [0.717, 1.165) is 37.9 Å². The van der Waals surface area contributed by atoms with Crippen molar-refractivity contribution in [1.29, 1.82) is 0 Å². The van der Waals surface area contributed by atoms with Crippen LogP contribution in [-0.2, 0) is 20.9 Å². The molecule has 3 atom stereocenters. The van der Waals surface area contributed by atoms with Crippen LogP contribution in [0, 0.1) is 23.7 Å². The first-order valence-electron chi connectivity index (χ1n) is 9.04. The zero-order valence-electron chi connectivity index (χ0n) is 14.6. The molecule has 2 fully saturated rings. The van der Waals surface area contributed by atoms with Crippen LogP contribution in [0.1, 0.15) is 38.7 Å². The fourth-order valence-electron chi connectivity index (χ4n) is 4.04. The number of carbonyl (C=O) groups is 2. The first-order valence-corrected chi connectivity index (χ1v) is 9.04. The smallest absolute Gasteiger partial charge is 0.309 e. The van der Waals surface area contributed by atoms with E-state index in [0.29, 0.717) is 18.4 Å². The topological polar surface area (TPSA) is 46.6 Å². The zero-order valence-corrected chi connectivity index (χ0v) is 14.6. The third kappa shape index (κ3) is 3.80. The summed E-state index contributed by atoms with van der Waals surface area (Å²) in [6, 6.07) is 9.80. The molecule has 1 heterocycles. The van der Waals surface area contributed by atoms with Crippen LogP contribution in [0.15, 0.2) is 30.3 Å². The van der Waals surface area contributed by atoms with E-state index in [9.17, 15) is 9.59 Å². The van der Waals surface area contributed by atoms with Gasteiger partial charge in [0.25, 0.3) is 0 Å². The van der Waals surface area contributed by atoms with Gasteiger partial charge in [-0.1, -0.05) is 44.2 Å². The summed E-state index contributed by atoms with van der Waals surface area (Å²) in [7, 11) is 0. The number of ether oxygens (including phenoxy) is 1. The molecule has 0 spiro atoms. The minimum absolute atomic E-state index is 0.0101. The summed E-state index contributed by atoms with van der Waals surface area (Å²) in [4.78, 5) is 26.6. The standard InChI is InChI=1S/C20H27NO3/c1-14(2)19(22)21-11-17-9-8-16(10-18(17)12-21)20(23)24-13-15-6-4-3-5-7-15/h3-7,14,16-18H,8-13H2,1-2H3. The van der Waals surface area contributed by atoms with Crippen LogP contribution in [0.25, 0.3) is 0 Å². The molecule has 1 saturated carbocycles. The van der Waals surface area contributed by atoms with E-state index in [-0.39, 0.29) is 23.7 Å². The SMILES string of the molecule is CC(C)C(=O)N1CC2CCC(C(=O)OCc3ccccc3)CC2C1. The van der Waals surface area contributed by atoms with E-state index in [1.165, 1.54) is 0 Å². The highest BCUT2D eigenvalue weighted by atomic mass is 16.5. The molecule has 1 amide bonds. The number of amides is 1. The highest BCUT2D eigenvalue weighted by Crippen LogP contribution is 2.39. The van der Waals surface area contributed by atoms with Gasteiger partial charge in [0.1, 0.15) is 6.61 Å². The Labute approximate surface area is 144 Å². The minimum Gasteiger partial charge on any atom is -0.461 e. The second-order valence-electron chi connectivity index (χ2n) is 7.52. The molecular formula is C20H27NO3. The van der Waals surface area contributed by atoms with Crippen LogP contribution in [0.5, 0.6) is 0 Å². The van der Waals surface area contributed by atoms with Crippen LogP contribution in [0.2, 0.25) is 0 Å². The van der Waals surface area contributed by atoms with E-state index in [4.69, 9.17) is 4.74 Å². The lowest BCUT2D eigenvalue weighted by Crippen LogP contribution is -2.32. The molecule has 1 saturated heterocycles. The Morgan fingerprint density at radius 3 is 2.54 bits per heavy atom. The highest BCUT2D eigenvalue weighted by Gasteiger charge is 2.41. The lowest BCUT2D eigenvalue weighted by atomic mass is 9.76. The highest BCUT2D eigenvalue weighted by molar-refractivity contribution is 5.78. The number of fused-ring (bicyclic) bond motifs is 1. The van der Waals surface area contributed by atoms with Gasteiger partial charge in [-0.15, -0.1) is 0 Å². The van der Waals surface area contributed by atoms with Gasteiger partial charge in [0, 0.05) is 19.0 Å². The van der Waals surface area contributed by atoms with Gasteiger partial charge in [-0.3, -0.25) is 9.59 Å². The first kappa shape index (κ1) is 17.0. The average Bonchev–Trinajstić information content (AvgIpc) is 3.02. The van der Waals surface area contributed by atoms with E-state index in [2.05, 4.69) is 0 Å². The number of nitrogens with zero attached hydrogens (tertiary/aromatic N) is 1. The monoisotopic (exact) mass is 329 g/mol. The molecule has 4 heteroatoms. The molecule has 1 aliphatic carbocycles. The maximum atomic E-state index is 12.4. The van der Waals surface area contributed by atoms with Gasteiger partial charge in [-0.2, -0.15) is 0 Å². The fourth-order valence-corrected chi connectivity index (χ4v) is 4.04. The third-order valence-corrected chi connectivity index (χ3v) is 5.41. The minimum atomic E-state index is -0.0778. The molecule has 0 aromatic heterocycles. The van der Waals surface area contributed by atoms with Crippen LogP contribution in [-0.4, -0.2) is 29.9 Å². The van der Waals surface area contributed by atoms with Crippen molar-refractivity contribution in [2.24, 2.45) is 23.7 Å². The van der Waals surface area contributed by atoms with Crippen molar-refractivity contribution in [1.82, 2.24) is 4.90 Å². The molecule has 0 bridgehead atoms. The van der Waals surface area contributed by atoms with Gasteiger partial charge in [-0.05, 0) is 36.7 Å². The molecule has 0 radical (unpaired) electrons. The number of benzene rings is 1. The predicted molar refractivity (Wildman–Crippen MR) is 92.0 cm³/mol. The summed E-state index contributed by atoms with van der Waals surface area (Å²) >= 11 is 0. The van der Waals surface area contributed by atoms with Crippen LogP contribution in [0.4, 0.5) is 0 Å². The molecule has 3 rings (SSSR count). The quantitative estimate of drug-likeness (QED) is 0.797. The summed E-state index contributed by atoms with van der Waals surface area (Å²) in [5.74, 6) is 1.22. The second-order valence-corrected chi connectivity index (χ2v) is 7.52. The molecule has 1 aromatic rings.